The number of pyridine rings is 1. The van der Waals surface area contributed by atoms with Crippen molar-refractivity contribution < 1.29 is 42.0 Å². The predicted octanol–water partition coefficient (Wildman–Crippen LogP) is 6.41. The number of aromatic nitrogens is 3. The lowest BCUT2D eigenvalue weighted by atomic mass is 10.1. The molecule has 0 radical (unpaired) electrons. The number of benzene rings is 2. The van der Waals surface area contributed by atoms with Crippen molar-refractivity contribution in [3.8, 4) is 23.3 Å². The Bertz CT molecular complexity index is 1500. The van der Waals surface area contributed by atoms with Crippen LogP contribution in [0.5, 0.6) is 23.3 Å². The Morgan fingerprint density at radius 2 is 1.83 bits per heavy atom. The molecule has 0 aliphatic heterocycles. The van der Waals surface area contributed by atoms with Gasteiger partial charge in [0, 0.05) is 31.1 Å². The molecule has 0 unspecified atom stereocenters. The quantitative estimate of drug-likeness (QED) is 0.130. The average molecular weight is 606 g/mol. The van der Waals surface area contributed by atoms with Crippen LogP contribution in [0.1, 0.15) is 28.7 Å². The molecule has 0 atom stereocenters. The number of ether oxygens (including phenoxy) is 4. The van der Waals surface area contributed by atoms with E-state index in [1.165, 1.54) is 7.11 Å². The van der Waals surface area contributed by atoms with E-state index in [9.17, 15) is 23.1 Å². The van der Waals surface area contributed by atoms with Crippen LogP contribution < -0.4 is 14.2 Å². The third-order valence-electron chi connectivity index (χ3n) is 5.88. The Morgan fingerprint density at radius 1 is 1.05 bits per heavy atom. The van der Waals surface area contributed by atoms with Crippen LogP contribution in [0.4, 0.5) is 13.2 Å². The van der Waals surface area contributed by atoms with E-state index in [2.05, 4.69) is 10.1 Å². The fourth-order valence-electron chi connectivity index (χ4n) is 3.95. The molecule has 0 saturated heterocycles. The summed E-state index contributed by atoms with van der Waals surface area (Å²) in [4.78, 5) is 15.1. The highest BCUT2D eigenvalue weighted by molar-refractivity contribution is 6.31. The number of halogens is 4. The van der Waals surface area contributed by atoms with Gasteiger partial charge < -0.3 is 24.1 Å². The number of aryl methyl sites for hydroxylation is 1. The van der Waals surface area contributed by atoms with E-state index in [1.807, 2.05) is 30.3 Å². The largest absolute Gasteiger partial charge is 0.481 e. The van der Waals surface area contributed by atoms with Gasteiger partial charge in [0.1, 0.15) is 16.5 Å². The maximum absolute atomic E-state index is 13.0. The van der Waals surface area contributed by atoms with Gasteiger partial charge in [-0.25, -0.2) is 4.98 Å². The van der Waals surface area contributed by atoms with Crippen molar-refractivity contribution in [2.24, 2.45) is 0 Å². The standard InChI is InChI=1S/C29H27ClF3N3O6/c1-39-18-41-23-10-9-20(25(14-23)42-28-24(30)13-22(15-34-28)29(31,32)33)8-5-11-40-27-21(12-26(37)38)17-36(35-27)16-19-6-3-2-4-7-19/h2-4,6-7,9-10,13-15,17H,5,8,11-12,16,18H2,1H3,(H,37,38). The normalized spacial score (nSPS) is 11.4. The van der Waals surface area contributed by atoms with Crippen LogP contribution in [0.2, 0.25) is 5.02 Å². The van der Waals surface area contributed by atoms with Gasteiger partial charge in [-0.05, 0) is 36.1 Å². The van der Waals surface area contributed by atoms with E-state index in [0.717, 1.165) is 11.6 Å². The number of rotatable bonds is 14. The molecular formula is C29H27ClF3N3O6. The molecule has 0 aliphatic rings. The van der Waals surface area contributed by atoms with Crippen LogP contribution in [0.25, 0.3) is 0 Å². The second kappa shape index (κ2) is 14.1. The minimum atomic E-state index is -4.60. The van der Waals surface area contributed by atoms with Crippen molar-refractivity contribution in [3.63, 3.8) is 0 Å². The van der Waals surface area contributed by atoms with Gasteiger partial charge in [0.2, 0.25) is 11.8 Å². The molecule has 0 fully saturated rings. The maximum Gasteiger partial charge on any atom is 0.417 e. The molecule has 42 heavy (non-hydrogen) atoms. The Kier molecular flexibility index (Phi) is 10.3. The van der Waals surface area contributed by atoms with E-state index in [0.29, 0.717) is 42.5 Å². The summed E-state index contributed by atoms with van der Waals surface area (Å²) in [7, 11) is 1.46. The van der Waals surface area contributed by atoms with Crippen molar-refractivity contribution >= 4 is 17.6 Å². The van der Waals surface area contributed by atoms with Crippen molar-refractivity contribution in [1.29, 1.82) is 0 Å². The van der Waals surface area contributed by atoms with E-state index < -0.39 is 17.7 Å². The topological polar surface area (TPSA) is 105 Å². The van der Waals surface area contributed by atoms with Gasteiger partial charge in [0.25, 0.3) is 0 Å². The Hall–Kier alpha value is -4.29. The molecule has 2 aromatic heterocycles. The number of methoxy groups -OCH3 is 1. The van der Waals surface area contributed by atoms with Crippen molar-refractivity contribution in [2.75, 3.05) is 20.5 Å². The molecule has 4 rings (SSSR count). The third-order valence-corrected chi connectivity index (χ3v) is 6.15. The zero-order valence-corrected chi connectivity index (χ0v) is 23.2. The first-order chi connectivity index (χ1) is 20.1. The van der Waals surface area contributed by atoms with Gasteiger partial charge in [-0.3, -0.25) is 9.48 Å². The van der Waals surface area contributed by atoms with Gasteiger partial charge in [-0.1, -0.05) is 48.0 Å². The van der Waals surface area contributed by atoms with E-state index in [1.54, 1.807) is 29.1 Å². The highest BCUT2D eigenvalue weighted by Gasteiger charge is 2.32. The summed E-state index contributed by atoms with van der Waals surface area (Å²) in [5, 5.41) is 13.4. The van der Waals surface area contributed by atoms with Crippen molar-refractivity contribution in [1.82, 2.24) is 14.8 Å². The molecule has 13 heteroatoms. The Labute approximate surface area is 244 Å². The number of aliphatic carboxylic acids is 1. The lowest BCUT2D eigenvalue weighted by Gasteiger charge is -2.15. The monoisotopic (exact) mass is 605 g/mol. The van der Waals surface area contributed by atoms with E-state index in [-0.39, 0.29) is 42.4 Å². The van der Waals surface area contributed by atoms with Crippen LogP contribution in [-0.4, -0.2) is 46.3 Å². The molecule has 9 nitrogen and oxygen atoms in total. The van der Waals surface area contributed by atoms with Crippen molar-refractivity contribution in [2.45, 2.75) is 32.0 Å². The Morgan fingerprint density at radius 3 is 2.52 bits per heavy atom. The summed E-state index contributed by atoms with van der Waals surface area (Å²) < 4.78 is 62.8. The average Bonchev–Trinajstić information content (AvgIpc) is 3.31. The summed E-state index contributed by atoms with van der Waals surface area (Å²) in [6.07, 6.45) is -1.65. The van der Waals surface area contributed by atoms with Crippen molar-refractivity contribution in [3.05, 3.63) is 94.3 Å². The number of carbonyl (C=O) groups is 1. The number of carboxylic acids is 1. The number of carboxylic acid groups (broad SMARTS) is 1. The Balaban J connectivity index is 1.46. The molecule has 1 N–H and O–H groups in total. The van der Waals surface area contributed by atoms with Crippen LogP contribution in [0.3, 0.4) is 0 Å². The molecule has 0 amide bonds. The number of hydrogen-bond acceptors (Lipinski definition) is 7. The summed E-state index contributed by atoms with van der Waals surface area (Å²) in [5.41, 5.74) is 1.14. The fraction of sp³-hybridized carbons (Fsp3) is 0.276. The second-order valence-corrected chi connectivity index (χ2v) is 9.50. The zero-order chi connectivity index (χ0) is 30.1. The molecule has 0 spiro atoms. The first kappa shape index (κ1) is 30.7. The maximum atomic E-state index is 13.0. The van der Waals surface area contributed by atoms with E-state index in [4.69, 9.17) is 30.5 Å². The van der Waals surface area contributed by atoms with Crippen LogP contribution in [0.15, 0.2) is 67.0 Å². The van der Waals surface area contributed by atoms with Crippen LogP contribution >= 0.6 is 11.6 Å². The molecule has 4 aromatic rings. The van der Waals surface area contributed by atoms with Gasteiger partial charge in [0.05, 0.1) is 25.1 Å². The molecule has 0 saturated carbocycles. The highest BCUT2D eigenvalue weighted by atomic mass is 35.5. The van der Waals surface area contributed by atoms with E-state index >= 15 is 0 Å². The van der Waals surface area contributed by atoms with Gasteiger partial charge in [0.15, 0.2) is 6.79 Å². The molecule has 0 bridgehead atoms. The summed E-state index contributed by atoms with van der Waals surface area (Å²) in [6, 6.07) is 15.3. The van der Waals surface area contributed by atoms with Crippen LogP contribution in [-0.2, 0) is 35.1 Å². The third kappa shape index (κ3) is 8.60. The second-order valence-electron chi connectivity index (χ2n) is 9.10. The summed E-state index contributed by atoms with van der Waals surface area (Å²) in [6.45, 7) is 0.632. The number of nitrogens with zero attached hydrogens (tertiary/aromatic N) is 3. The lowest BCUT2D eigenvalue weighted by Crippen LogP contribution is -2.07. The predicted molar refractivity (Wildman–Crippen MR) is 146 cm³/mol. The highest BCUT2D eigenvalue weighted by Crippen LogP contribution is 2.36. The minimum absolute atomic E-state index is 0.0263. The number of hydrogen-bond donors (Lipinski definition) is 1. The lowest BCUT2D eigenvalue weighted by molar-refractivity contribution is -0.138. The SMILES string of the molecule is COCOc1ccc(CCCOc2nn(Cc3ccccc3)cc2CC(=O)O)c(Oc2ncc(C(F)(F)F)cc2Cl)c1. The molecule has 222 valence electrons. The first-order valence-electron chi connectivity index (χ1n) is 12.7. The number of alkyl halides is 3. The van der Waals surface area contributed by atoms with Gasteiger partial charge in [-0.2, -0.15) is 13.2 Å². The molecule has 2 heterocycles. The molecule has 0 aliphatic carbocycles. The molecule has 2 aromatic carbocycles. The zero-order valence-electron chi connectivity index (χ0n) is 22.4. The fourth-order valence-corrected chi connectivity index (χ4v) is 4.15. The van der Waals surface area contributed by atoms with Gasteiger partial charge >= 0.3 is 12.1 Å². The minimum Gasteiger partial charge on any atom is -0.481 e. The smallest absolute Gasteiger partial charge is 0.417 e. The first-order valence-corrected chi connectivity index (χ1v) is 13.1. The summed E-state index contributed by atoms with van der Waals surface area (Å²) >= 11 is 6.05. The van der Waals surface area contributed by atoms with Crippen LogP contribution in [0, 0.1) is 0 Å². The van der Waals surface area contributed by atoms with Gasteiger partial charge in [-0.15, -0.1) is 5.10 Å². The summed E-state index contributed by atoms with van der Waals surface area (Å²) in [5.74, 6) is -0.303. The molecular weight excluding hydrogens is 579 g/mol.